The van der Waals surface area contributed by atoms with Crippen LogP contribution in [-0.2, 0) is 21.3 Å². The molecule has 3 heterocycles. The molecule has 220 valence electrons. The normalized spacial score (nSPS) is 17.5. The van der Waals surface area contributed by atoms with Crippen molar-refractivity contribution in [1.82, 2.24) is 28.8 Å². The number of aromatic nitrogens is 4. The Morgan fingerprint density at radius 2 is 1.80 bits per heavy atom. The van der Waals surface area contributed by atoms with E-state index in [-0.39, 0.29) is 36.9 Å². The van der Waals surface area contributed by atoms with Gasteiger partial charge < -0.3 is 4.74 Å². The van der Waals surface area contributed by atoms with Gasteiger partial charge in [0.1, 0.15) is 10.7 Å². The lowest BCUT2D eigenvalue weighted by Gasteiger charge is -2.41. The molecule has 9 nitrogen and oxygen atoms in total. The van der Waals surface area contributed by atoms with E-state index in [2.05, 4.69) is 10.2 Å². The van der Waals surface area contributed by atoms with E-state index in [1.807, 2.05) is 19.1 Å². The molecule has 1 fully saturated rings. The van der Waals surface area contributed by atoms with E-state index in [9.17, 15) is 26.0 Å². The second kappa shape index (κ2) is 11.5. The van der Waals surface area contributed by atoms with Gasteiger partial charge in [-0.2, -0.15) is 27.7 Å². The predicted molar refractivity (Wildman–Crippen MR) is 144 cm³/mol. The Labute approximate surface area is 235 Å². The highest BCUT2D eigenvalue weighted by atomic mass is 32.2. The second-order valence-corrected chi connectivity index (χ2v) is 12.0. The van der Waals surface area contributed by atoms with Crippen LogP contribution in [0.4, 0.5) is 17.6 Å². The van der Waals surface area contributed by atoms with E-state index in [4.69, 9.17) is 4.74 Å². The zero-order chi connectivity index (χ0) is 29.4. The van der Waals surface area contributed by atoms with Crippen LogP contribution in [0.25, 0.3) is 16.6 Å². The Balaban J connectivity index is 1.48. The minimum atomic E-state index is -4.35. The summed E-state index contributed by atoms with van der Waals surface area (Å²) in [6, 6.07) is 8.97. The van der Waals surface area contributed by atoms with Crippen molar-refractivity contribution in [1.29, 1.82) is 0 Å². The van der Waals surface area contributed by atoms with Gasteiger partial charge in [-0.15, -0.1) is 0 Å². The lowest BCUT2D eigenvalue weighted by atomic mass is 9.96. The average Bonchev–Trinajstić information content (AvgIpc) is 3.58. The summed E-state index contributed by atoms with van der Waals surface area (Å²) in [7, 11) is -2.42. The number of piperazine rings is 1. The van der Waals surface area contributed by atoms with Gasteiger partial charge >= 0.3 is 6.18 Å². The van der Waals surface area contributed by atoms with Crippen molar-refractivity contribution in [3.8, 4) is 5.69 Å². The third-order valence-corrected chi connectivity index (χ3v) is 9.11. The number of sulfonamides is 1. The standard InChI is InChI=1S/C27H30F4N6O3S/c1-19-13-25-20(15-33-37(25)22-5-3-21(28)4-6-22)14-24(19)26-18-36(10-9-34(26)8-7-27(29,30)31)41(38,39)23-16-32-35(17-23)11-12-40-2/h3-6,13-17,26H,7-12,18H2,1-2H3/t26-/m0/s1. The number of fused-ring (bicyclic) bond motifs is 1. The van der Waals surface area contributed by atoms with Crippen molar-refractivity contribution in [2.75, 3.05) is 39.9 Å². The topological polar surface area (TPSA) is 85.5 Å². The third kappa shape index (κ3) is 6.30. The van der Waals surface area contributed by atoms with Crippen LogP contribution in [0.15, 0.2) is 59.9 Å². The van der Waals surface area contributed by atoms with Gasteiger partial charge in [-0.25, -0.2) is 17.5 Å². The monoisotopic (exact) mass is 594 g/mol. The molecule has 1 aliphatic rings. The number of nitrogens with zero attached hydrogens (tertiary/aromatic N) is 6. The molecule has 5 rings (SSSR count). The summed E-state index contributed by atoms with van der Waals surface area (Å²) in [5, 5.41) is 9.27. The molecule has 0 aliphatic carbocycles. The number of ether oxygens (including phenoxy) is 1. The molecule has 2 aromatic heterocycles. The Kier molecular flexibility index (Phi) is 8.19. The van der Waals surface area contributed by atoms with Crippen LogP contribution in [-0.4, -0.2) is 83.3 Å². The van der Waals surface area contributed by atoms with E-state index < -0.39 is 28.7 Å². The third-order valence-electron chi connectivity index (χ3n) is 7.29. The van der Waals surface area contributed by atoms with Crippen molar-refractivity contribution in [3.05, 3.63) is 71.9 Å². The first-order valence-electron chi connectivity index (χ1n) is 13.0. The zero-order valence-electron chi connectivity index (χ0n) is 22.6. The summed E-state index contributed by atoms with van der Waals surface area (Å²) in [5.74, 6) is -0.373. The van der Waals surface area contributed by atoms with Crippen LogP contribution in [0.5, 0.6) is 0 Å². The first kappa shape index (κ1) is 29.2. The largest absolute Gasteiger partial charge is 0.390 e. The summed E-state index contributed by atoms with van der Waals surface area (Å²) in [6.45, 7) is 2.47. The van der Waals surface area contributed by atoms with Gasteiger partial charge in [0, 0.05) is 50.9 Å². The minimum Gasteiger partial charge on any atom is -0.383 e. The molecule has 14 heteroatoms. The molecule has 0 bridgehead atoms. The van der Waals surface area contributed by atoms with Gasteiger partial charge in [0.25, 0.3) is 0 Å². The van der Waals surface area contributed by atoms with Gasteiger partial charge in [-0.3, -0.25) is 9.58 Å². The Morgan fingerprint density at radius 3 is 2.51 bits per heavy atom. The fourth-order valence-corrected chi connectivity index (χ4v) is 6.52. The second-order valence-electron chi connectivity index (χ2n) is 10.0. The number of hydrogen-bond donors (Lipinski definition) is 0. The summed E-state index contributed by atoms with van der Waals surface area (Å²) < 4.78 is 89.7. The van der Waals surface area contributed by atoms with Crippen LogP contribution in [0.1, 0.15) is 23.6 Å². The van der Waals surface area contributed by atoms with Crippen LogP contribution in [0, 0.1) is 12.7 Å². The molecule has 0 radical (unpaired) electrons. The fraction of sp³-hybridized carbons (Fsp3) is 0.407. The molecule has 4 aromatic rings. The fourth-order valence-electron chi connectivity index (χ4n) is 5.12. The van der Waals surface area contributed by atoms with E-state index in [1.165, 1.54) is 40.6 Å². The number of aryl methyl sites for hydroxylation is 1. The molecule has 1 aliphatic heterocycles. The van der Waals surface area contributed by atoms with E-state index in [0.29, 0.717) is 24.4 Å². The van der Waals surface area contributed by atoms with Crippen LogP contribution in [0.3, 0.4) is 0 Å². The maximum Gasteiger partial charge on any atom is 0.390 e. The molecular formula is C27H30F4N6O3S. The number of rotatable bonds is 9. The van der Waals surface area contributed by atoms with Crippen molar-refractivity contribution in [2.45, 2.75) is 37.0 Å². The molecule has 41 heavy (non-hydrogen) atoms. The van der Waals surface area contributed by atoms with Crippen LogP contribution < -0.4 is 0 Å². The number of halogens is 4. The average molecular weight is 595 g/mol. The molecule has 0 N–H and O–H groups in total. The highest BCUT2D eigenvalue weighted by Gasteiger charge is 2.38. The van der Waals surface area contributed by atoms with E-state index in [1.54, 1.807) is 27.9 Å². The lowest BCUT2D eigenvalue weighted by Crippen LogP contribution is -2.51. The Hall–Kier alpha value is -3.33. The Morgan fingerprint density at radius 1 is 1.05 bits per heavy atom. The van der Waals surface area contributed by atoms with Gasteiger partial charge in [0.05, 0.1) is 43.2 Å². The molecule has 2 aromatic carbocycles. The number of benzene rings is 2. The first-order chi connectivity index (χ1) is 19.5. The highest BCUT2D eigenvalue weighted by Crippen LogP contribution is 2.34. The molecule has 1 atom stereocenters. The lowest BCUT2D eigenvalue weighted by molar-refractivity contribution is -0.140. The highest BCUT2D eigenvalue weighted by molar-refractivity contribution is 7.89. The summed E-state index contributed by atoms with van der Waals surface area (Å²) in [5.41, 5.74) is 2.88. The van der Waals surface area contributed by atoms with Crippen LogP contribution >= 0.6 is 0 Å². The van der Waals surface area contributed by atoms with Gasteiger partial charge in [0.2, 0.25) is 10.0 Å². The van der Waals surface area contributed by atoms with Crippen LogP contribution in [0.2, 0.25) is 0 Å². The van der Waals surface area contributed by atoms with Crippen molar-refractivity contribution >= 4 is 20.9 Å². The molecule has 0 spiro atoms. The number of hydrogen-bond acceptors (Lipinski definition) is 6. The van der Waals surface area contributed by atoms with E-state index in [0.717, 1.165) is 16.5 Å². The molecular weight excluding hydrogens is 564 g/mol. The summed E-state index contributed by atoms with van der Waals surface area (Å²) in [6.07, 6.45) is -1.02. The molecule has 1 saturated heterocycles. The van der Waals surface area contributed by atoms with Gasteiger partial charge in [-0.1, -0.05) is 0 Å². The zero-order valence-corrected chi connectivity index (χ0v) is 23.4. The van der Waals surface area contributed by atoms with E-state index >= 15 is 0 Å². The van der Waals surface area contributed by atoms with Crippen molar-refractivity contribution in [2.24, 2.45) is 0 Å². The predicted octanol–water partition coefficient (Wildman–Crippen LogP) is 4.32. The van der Waals surface area contributed by atoms with Crippen molar-refractivity contribution < 1.29 is 30.7 Å². The SMILES string of the molecule is COCCn1cc(S(=O)(=O)N2CCN(CCC(F)(F)F)[C@H](c3cc4cnn(-c5ccc(F)cc5)c4cc3C)C2)cn1. The Bertz CT molecular complexity index is 1620. The summed E-state index contributed by atoms with van der Waals surface area (Å²) in [4.78, 5) is 1.71. The quantitative estimate of drug-likeness (QED) is 0.269. The van der Waals surface area contributed by atoms with Gasteiger partial charge in [-0.05, 0) is 54.4 Å². The van der Waals surface area contributed by atoms with Crippen molar-refractivity contribution in [3.63, 3.8) is 0 Å². The maximum atomic E-state index is 13.6. The molecule has 0 saturated carbocycles. The first-order valence-corrected chi connectivity index (χ1v) is 14.5. The number of alkyl halides is 3. The smallest absolute Gasteiger partial charge is 0.383 e. The molecule has 0 unspecified atom stereocenters. The summed E-state index contributed by atoms with van der Waals surface area (Å²) >= 11 is 0. The van der Waals surface area contributed by atoms with Gasteiger partial charge in [0.15, 0.2) is 0 Å². The number of methoxy groups -OCH3 is 1. The minimum absolute atomic E-state index is 0.0174. The maximum absolute atomic E-state index is 13.6. The molecule has 0 amide bonds.